The first-order chi connectivity index (χ1) is 9.34. The number of pyridine rings is 1. The first-order valence-electron chi connectivity index (χ1n) is 6.44. The molecule has 5 heteroatoms. The third kappa shape index (κ3) is 3.05. The van der Waals surface area contributed by atoms with Gasteiger partial charge in [-0.05, 0) is 39.7 Å². The number of nitrogens with one attached hydrogen (secondary N) is 1. The predicted octanol–water partition coefficient (Wildman–Crippen LogP) is 2.90. The van der Waals surface area contributed by atoms with Crippen molar-refractivity contribution in [3.8, 4) is 0 Å². The average molecular weight is 338 g/mol. The summed E-state index contributed by atoms with van der Waals surface area (Å²) in [6, 6.07) is 8.87. The normalized spacial score (nSPS) is 18.4. The standard InChI is InChI=1S/C14H16BrN3S/c15-13-4-3-12(19-13)14(11-2-1-5-17-10-11)18-8-6-16-7-9-18/h1-5,10,14,16H,6-9H2. The Morgan fingerprint density at radius 1 is 1.26 bits per heavy atom. The highest BCUT2D eigenvalue weighted by Gasteiger charge is 2.25. The maximum Gasteiger partial charge on any atom is 0.0712 e. The Labute approximate surface area is 125 Å². The van der Waals surface area contributed by atoms with Gasteiger partial charge in [-0.15, -0.1) is 11.3 Å². The minimum absolute atomic E-state index is 0.326. The third-order valence-corrected chi connectivity index (χ3v) is 5.06. The van der Waals surface area contributed by atoms with Crippen LogP contribution >= 0.6 is 27.3 Å². The smallest absolute Gasteiger partial charge is 0.0712 e. The second-order valence-electron chi connectivity index (χ2n) is 4.62. The number of nitrogens with zero attached hydrogens (tertiary/aromatic N) is 2. The third-order valence-electron chi connectivity index (χ3n) is 3.38. The lowest BCUT2D eigenvalue weighted by molar-refractivity contribution is 0.200. The fourth-order valence-electron chi connectivity index (χ4n) is 2.51. The maximum absolute atomic E-state index is 4.28. The van der Waals surface area contributed by atoms with Gasteiger partial charge in [-0.2, -0.15) is 0 Å². The minimum Gasteiger partial charge on any atom is -0.314 e. The fraction of sp³-hybridized carbons (Fsp3) is 0.357. The van der Waals surface area contributed by atoms with E-state index in [4.69, 9.17) is 0 Å². The monoisotopic (exact) mass is 337 g/mol. The quantitative estimate of drug-likeness (QED) is 0.933. The summed E-state index contributed by atoms with van der Waals surface area (Å²) in [7, 11) is 0. The Kier molecular flexibility index (Phi) is 4.28. The van der Waals surface area contributed by atoms with Crippen molar-refractivity contribution in [2.45, 2.75) is 6.04 Å². The van der Waals surface area contributed by atoms with Crippen molar-refractivity contribution >= 4 is 27.3 Å². The fourth-order valence-corrected chi connectivity index (χ4v) is 4.10. The summed E-state index contributed by atoms with van der Waals surface area (Å²) in [5.41, 5.74) is 1.28. The summed E-state index contributed by atoms with van der Waals surface area (Å²) < 4.78 is 1.19. The molecular weight excluding hydrogens is 322 g/mol. The lowest BCUT2D eigenvalue weighted by Crippen LogP contribution is -2.45. The molecule has 1 aliphatic rings. The number of rotatable bonds is 3. The Morgan fingerprint density at radius 3 is 2.74 bits per heavy atom. The van der Waals surface area contributed by atoms with Gasteiger partial charge in [0.2, 0.25) is 0 Å². The van der Waals surface area contributed by atoms with Crippen LogP contribution in [-0.2, 0) is 0 Å². The first kappa shape index (κ1) is 13.2. The van der Waals surface area contributed by atoms with E-state index in [0.717, 1.165) is 26.2 Å². The molecule has 1 aliphatic heterocycles. The van der Waals surface area contributed by atoms with Gasteiger partial charge in [0.1, 0.15) is 0 Å². The average Bonchev–Trinajstić information content (AvgIpc) is 2.88. The van der Waals surface area contributed by atoms with E-state index >= 15 is 0 Å². The highest BCUT2D eigenvalue weighted by Crippen LogP contribution is 2.35. The molecular formula is C14H16BrN3S. The van der Waals surface area contributed by atoms with Crippen LogP contribution in [0, 0.1) is 0 Å². The van der Waals surface area contributed by atoms with E-state index in [1.807, 2.05) is 29.8 Å². The van der Waals surface area contributed by atoms with Gasteiger partial charge in [0.05, 0.1) is 9.83 Å². The lowest BCUT2D eigenvalue weighted by Gasteiger charge is -2.34. The SMILES string of the molecule is Brc1ccc(C(c2cccnc2)N2CCNCC2)s1. The first-order valence-corrected chi connectivity index (χ1v) is 8.05. The van der Waals surface area contributed by atoms with Gasteiger partial charge in [-0.25, -0.2) is 0 Å². The Morgan fingerprint density at radius 2 is 2.11 bits per heavy atom. The highest BCUT2D eigenvalue weighted by molar-refractivity contribution is 9.11. The predicted molar refractivity (Wildman–Crippen MR) is 82.5 cm³/mol. The summed E-state index contributed by atoms with van der Waals surface area (Å²) in [5.74, 6) is 0. The summed E-state index contributed by atoms with van der Waals surface area (Å²) in [4.78, 5) is 8.19. The number of hydrogen-bond donors (Lipinski definition) is 1. The molecule has 1 fully saturated rings. The minimum atomic E-state index is 0.326. The van der Waals surface area contributed by atoms with Gasteiger partial charge >= 0.3 is 0 Å². The molecule has 0 aromatic carbocycles. The molecule has 3 heterocycles. The van der Waals surface area contributed by atoms with Crippen LogP contribution in [0.2, 0.25) is 0 Å². The Bertz CT molecular complexity index is 522. The van der Waals surface area contributed by atoms with Crippen LogP contribution in [0.25, 0.3) is 0 Å². The molecule has 0 amide bonds. The van der Waals surface area contributed by atoms with Crippen LogP contribution in [0.1, 0.15) is 16.5 Å². The number of piperazine rings is 1. The van der Waals surface area contributed by atoms with E-state index in [1.54, 1.807) is 0 Å². The molecule has 0 aliphatic carbocycles. The molecule has 100 valence electrons. The van der Waals surface area contributed by atoms with Gasteiger partial charge < -0.3 is 5.32 Å². The topological polar surface area (TPSA) is 28.2 Å². The molecule has 1 saturated heterocycles. The Hall–Kier alpha value is -0.750. The molecule has 0 saturated carbocycles. The molecule has 2 aromatic rings. The molecule has 1 atom stereocenters. The Balaban J connectivity index is 1.95. The largest absolute Gasteiger partial charge is 0.314 e. The van der Waals surface area contributed by atoms with Gasteiger partial charge in [0, 0.05) is 43.4 Å². The molecule has 0 radical (unpaired) electrons. The summed E-state index contributed by atoms with van der Waals surface area (Å²) in [5, 5.41) is 3.41. The van der Waals surface area contributed by atoms with E-state index in [2.05, 4.69) is 49.3 Å². The molecule has 0 bridgehead atoms. The lowest BCUT2D eigenvalue weighted by atomic mass is 10.0. The van der Waals surface area contributed by atoms with E-state index in [9.17, 15) is 0 Å². The molecule has 1 unspecified atom stereocenters. The van der Waals surface area contributed by atoms with Gasteiger partial charge in [0.25, 0.3) is 0 Å². The summed E-state index contributed by atoms with van der Waals surface area (Å²) >= 11 is 5.38. The zero-order valence-corrected chi connectivity index (χ0v) is 13.0. The van der Waals surface area contributed by atoms with Gasteiger partial charge in [-0.3, -0.25) is 9.88 Å². The van der Waals surface area contributed by atoms with Crippen molar-refractivity contribution in [1.82, 2.24) is 15.2 Å². The maximum atomic E-state index is 4.28. The summed E-state index contributed by atoms with van der Waals surface area (Å²) in [6.07, 6.45) is 3.82. The van der Waals surface area contributed by atoms with E-state index < -0.39 is 0 Å². The van der Waals surface area contributed by atoms with Crippen LogP contribution < -0.4 is 5.32 Å². The van der Waals surface area contributed by atoms with Crippen molar-refractivity contribution in [3.05, 3.63) is 50.9 Å². The van der Waals surface area contributed by atoms with Gasteiger partial charge in [-0.1, -0.05) is 6.07 Å². The molecule has 0 spiro atoms. The second kappa shape index (κ2) is 6.13. The zero-order chi connectivity index (χ0) is 13.1. The molecule has 1 N–H and O–H groups in total. The zero-order valence-electron chi connectivity index (χ0n) is 10.6. The molecule has 19 heavy (non-hydrogen) atoms. The van der Waals surface area contributed by atoms with Crippen molar-refractivity contribution < 1.29 is 0 Å². The number of thiophene rings is 1. The van der Waals surface area contributed by atoms with E-state index in [1.165, 1.54) is 14.2 Å². The summed E-state index contributed by atoms with van der Waals surface area (Å²) in [6.45, 7) is 4.27. The van der Waals surface area contributed by atoms with Crippen LogP contribution in [0.4, 0.5) is 0 Å². The van der Waals surface area contributed by atoms with Crippen LogP contribution in [0.5, 0.6) is 0 Å². The second-order valence-corrected chi connectivity index (χ2v) is 7.11. The van der Waals surface area contributed by atoms with E-state index in [-0.39, 0.29) is 0 Å². The van der Waals surface area contributed by atoms with Crippen LogP contribution in [0.3, 0.4) is 0 Å². The number of halogens is 1. The van der Waals surface area contributed by atoms with Crippen molar-refractivity contribution in [2.75, 3.05) is 26.2 Å². The van der Waals surface area contributed by atoms with Crippen molar-refractivity contribution in [3.63, 3.8) is 0 Å². The van der Waals surface area contributed by atoms with E-state index in [0.29, 0.717) is 6.04 Å². The van der Waals surface area contributed by atoms with Gasteiger partial charge in [0.15, 0.2) is 0 Å². The molecule has 2 aromatic heterocycles. The van der Waals surface area contributed by atoms with Crippen LogP contribution in [-0.4, -0.2) is 36.1 Å². The molecule has 3 nitrogen and oxygen atoms in total. The number of aromatic nitrogens is 1. The highest BCUT2D eigenvalue weighted by atomic mass is 79.9. The molecule has 3 rings (SSSR count). The van der Waals surface area contributed by atoms with Crippen molar-refractivity contribution in [1.29, 1.82) is 0 Å². The number of hydrogen-bond acceptors (Lipinski definition) is 4. The van der Waals surface area contributed by atoms with Crippen LogP contribution in [0.15, 0.2) is 40.4 Å². The van der Waals surface area contributed by atoms with Crippen molar-refractivity contribution in [2.24, 2.45) is 0 Å².